The summed E-state index contributed by atoms with van der Waals surface area (Å²) >= 11 is 1.31. The first-order valence-electron chi connectivity index (χ1n) is 9.95. The number of carbonyl (C=O) groups is 1. The van der Waals surface area contributed by atoms with Crippen LogP contribution < -0.4 is 29.0 Å². The number of amides is 1. The van der Waals surface area contributed by atoms with E-state index in [0.29, 0.717) is 64.8 Å². The molecule has 1 N–H and O–H groups in total. The van der Waals surface area contributed by atoms with E-state index in [4.69, 9.17) is 23.7 Å². The number of nitrogens with zero attached hydrogens (tertiary/aromatic N) is 1. The molecule has 0 spiro atoms. The van der Waals surface area contributed by atoms with Crippen molar-refractivity contribution in [2.24, 2.45) is 0 Å². The Kier molecular flexibility index (Phi) is 7.41. The number of hydrogen-bond acceptors (Lipinski definition) is 8. The van der Waals surface area contributed by atoms with Crippen molar-refractivity contribution in [3.8, 4) is 28.7 Å². The Labute approximate surface area is 185 Å². The van der Waals surface area contributed by atoms with Gasteiger partial charge in [0.05, 0.1) is 34.0 Å². The summed E-state index contributed by atoms with van der Waals surface area (Å²) in [5, 5.41) is 3.27. The van der Waals surface area contributed by atoms with Crippen molar-refractivity contribution >= 4 is 32.6 Å². The molecule has 0 bridgehead atoms. The lowest BCUT2D eigenvalue weighted by atomic mass is 10.1. The Morgan fingerprint density at radius 3 is 2.03 bits per heavy atom. The number of hydrogen-bond donors (Lipinski definition) is 1. The molecule has 0 aliphatic heterocycles. The fraction of sp³-hybridized carbons (Fsp3) is 0.364. The van der Waals surface area contributed by atoms with Crippen LogP contribution in [0.5, 0.6) is 28.7 Å². The zero-order valence-electron chi connectivity index (χ0n) is 18.2. The molecule has 0 saturated carbocycles. The average molecular weight is 447 g/mol. The van der Waals surface area contributed by atoms with E-state index in [9.17, 15) is 4.79 Å². The standard InChI is InChI=1S/C22H26N2O6S/c1-6-28-16-11-13(12-17(29-7-2)19(16)30-8-3)21(25)24-22-23-18-14(26-4)9-10-15(27-5)20(18)31-22/h9-12H,6-8H2,1-5H3,(H,23,24,25). The molecular formula is C22H26N2O6S. The fourth-order valence-corrected chi connectivity index (χ4v) is 4.00. The Bertz CT molecular complexity index is 998. The molecule has 2 aromatic carbocycles. The zero-order chi connectivity index (χ0) is 22.4. The predicted octanol–water partition coefficient (Wildman–Crippen LogP) is 4.76. The van der Waals surface area contributed by atoms with Gasteiger partial charge >= 0.3 is 0 Å². The molecule has 0 saturated heterocycles. The summed E-state index contributed by atoms with van der Waals surface area (Å²) < 4.78 is 28.7. The molecular weight excluding hydrogens is 420 g/mol. The number of anilines is 1. The minimum atomic E-state index is -0.345. The summed E-state index contributed by atoms with van der Waals surface area (Å²) in [7, 11) is 3.16. The smallest absolute Gasteiger partial charge is 0.257 e. The molecule has 31 heavy (non-hydrogen) atoms. The molecule has 3 rings (SSSR count). The maximum absolute atomic E-state index is 13.0. The second-order valence-corrected chi connectivity index (χ2v) is 7.22. The maximum Gasteiger partial charge on any atom is 0.257 e. The van der Waals surface area contributed by atoms with Crippen LogP contribution in [-0.2, 0) is 0 Å². The van der Waals surface area contributed by atoms with E-state index in [1.54, 1.807) is 38.5 Å². The van der Waals surface area contributed by atoms with E-state index in [1.807, 2.05) is 20.8 Å². The van der Waals surface area contributed by atoms with Crippen LogP contribution in [-0.4, -0.2) is 44.9 Å². The molecule has 0 aliphatic carbocycles. The fourth-order valence-electron chi connectivity index (χ4n) is 3.03. The van der Waals surface area contributed by atoms with Crippen LogP contribution >= 0.6 is 11.3 Å². The van der Waals surface area contributed by atoms with Gasteiger partial charge in [0.2, 0.25) is 5.75 Å². The van der Waals surface area contributed by atoms with Crippen molar-refractivity contribution in [1.82, 2.24) is 4.98 Å². The van der Waals surface area contributed by atoms with Crippen molar-refractivity contribution in [1.29, 1.82) is 0 Å². The van der Waals surface area contributed by atoms with Crippen LogP contribution in [0.25, 0.3) is 10.2 Å². The largest absolute Gasteiger partial charge is 0.495 e. The molecule has 8 nitrogen and oxygen atoms in total. The molecule has 3 aromatic rings. The van der Waals surface area contributed by atoms with Crippen molar-refractivity contribution in [2.75, 3.05) is 39.4 Å². The van der Waals surface area contributed by atoms with Crippen LogP contribution in [0, 0.1) is 0 Å². The third-order valence-corrected chi connectivity index (χ3v) is 5.29. The molecule has 0 fully saturated rings. The van der Waals surface area contributed by atoms with E-state index in [0.717, 1.165) is 4.70 Å². The minimum absolute atomic E-state index is 0.345. The van der Waals surface area contributed by atoms with Crippen LogP contribution in [0.2, 0.25) is 0 Å². The van der Waals surface area contributed by atoms with Gasteiger partial charge in [0.1, 0.15) is 21.7 Å². The maximum atomic E-state index is 13.0. The highest BCUT2D eigenvalue weighted by Crippen LogP contribution is 2.41. The number of ether oxygens (including phenoxy) is 5. The van der Waals surface area contributed by atoms with E-state index in [1.165, 1.54) is 11.3 Å². The lowest BCUT2D eigenvalue weighted by Crippen LogP contribution is -2.13. The first-order chi connectivity index (χ1) is 15.1. The molecule has 1 aromatic heterocycles. The van der Waals surface area contributed by atoms with Crippen LogP contribution in [0.3, 0.4) is 0 Å². The highest BCUT2D eigenvalue weighted by Gasteiger charge is 2.20. The van der Waals surface area contributed by atoms with Crippen molar-refractivity contribution in [2.45, 2.75) is 20.8 Å². The molecule has 0 radical (unpaired) electrons. The van der Waals surface area contributed by atoms with Crippen molar-refractivity contribution in [3.63, 3.8) is 0 Å². The van der Waals surface area contributed by atoms with Gasteiger partial charge < -0.3 is 23.7 Å². The number of nitrogens with one attached hydrogen (secondary N) is 1. The third-order valence-electron chi connectivity index (χ3n) is 4.30. The summed E-state index contributed by atoms with van der Waals surface area (Å²) in [6.45, 7) is 6.90. The van der Waals surface area contributed by atoms with E-state index >= 15 is 0 Å². The molecule has 0 unspecified atom stereocenters. The minimum Gasteiger partial charge on any atom is -0.495 e. The zero-order valence-corrected chi connectivity index (χ0v) is 19.1. The number of rotatable bonds is 10. The number of methoxy groups -OCH3 is 2. The highest BCUT2D eigenvalue weighted by molar-refractivity contribution is 7.22. The van der Waals surface area contributed by atoms with Gasteiger partial charge in [0, 0.05) is 5.56 Å². The highest BCUT2D eigenvalue weighted by atomic mass is 32.1. The second-order valence-electron chi connectivity index (χ2n) is 6.22. The van der Waals surface area contributed by atoms with Gasteiger partial charge in [-0.15, -0.1) is 0 Å². The van der Waals surface area contributed by atoms with Crippen LogP contribution in [0.1, 0.15) is 31.1 Å². The number of fused-ring (bicyclic) bond motifs is 1. The van der Waals surface area contributed by atoms with E-state index < -0.39 is 0 Å². The topological polar surface area (TPSA) is 88.1 Å². The summed E-state index contributed by atoms with van der Waals surface area (Å²) in [5.74, 6) is 2.30. The third kappa shape index (κ3) is 4.77. The molecule has 0 atom stereocenters. The first-order valence-corrected chi connectivity index (χ1v) is 10.8. The van der Waals surface area contributed by atoms with Gasteiger partial charge in [0.15, 0.2) is 16.6 Å². The van der Waals surface area contributed by atoms with Crippen LogP contribution in [0.15, 0.2) is 24.3 Å². The lowest BCUT2D eigenvalue weighted by molar-refractivity contribution is 0.102. The molecule has 166 valence electrons. The Morgan fingerprint density at radius 2 is 1.48 bits per heavy atom. The molecule has 0 aliphatic rings. The average Bonchev–Trinajstić information content (AvgIpc) is 3.19. The SMILES string of the molecule is CCOc1cc(C(=O)Nc2nc3c(OC)ccc(OC)c3s2)cc(OCC)c1OCC. The monoisotopic (exact) mass is 446 g/mol. The molecule has 1 amide bonds. The Morgan fingerprint density at radius 1 is 0.903 bits per heavy atom. The summed E-state index contributed by atoms with van der Waals surface area (Å²) in [4.78, 5) is 17.5. The summed E-state index contributed by atoms with van der Waals surface area (Å²) in [6.07, 6.45) is 0. The van der Waals surface area contributed by atoms with Crippen LogP contribution in [0.4, 0.5) is 5.13 Å². The van der Waals surface area contributed by atoms with Gasteiger partial charge in [0.25, 0.3) is 5.91 Å². The van der Waals surface area contributed by atoms with Gasteiger partial charge in [-0.1, -0.05) is 11.3 Å². The van der Waals surface area contributed by atoms with Crippen molar-refractivity contribution < 1.29 is 28.5 Å². The van der Waals surface area contributed by atoms with Gasteiger partial charge in [-0.05, 0) is 45.0 Å². The van der Waals surface area contributed by atoms with Gasteiger partial charge in [-0.25, -0.2) is 4.98 Å². The molecule has 1 heterocycles. The number of benzene rings is 2. The van der Waals surface area contributed by atoms with Gasteiger partial charge in [-0.3, -0.25) is 10.1 Å². The number of aromatic nitrogens is 1. The van der Waals surface area contributed by atoms with E-state index in [2.05, 4.69) is 10.3 Å². The van der Waals surface area contributed by atoms with E-state index in [-0.39, 0.29) is 5.91 Å². The number of carbonyl (C=O) groups excluding carboxylic acids is 1. The summed E-state index contributed by atoms with van der Waals surface area (Å²) in [5.41, 5.74) is 0.993. The Balaban J connectivity index is 1.97. The molecule has 9 heteroatoms. The lowest BCUT2D eigenvalue weighted by Gasteiger charge is -2.16. The van der Waals surface area contributed by atoms with Crippen molar-refractivity contribution in [3.05, 3.63) is 29.8 Å². The normalized spacial score (nSPS) is 10.6. The van der Waals surface area contributed by atoms with Gasteiger partial charge in [-0.2, -0.15) is 0 Å². The second kappa shape index (κ2) is 10.2. The predicted molar refractivity (Wildman–Crippen MR) is 121 cm³/mol. The summed E-state index contributed by atoms with van der Waals surface area (Å²) in [6, 6.07) is 6.86. The quantitative estimate of drug-likeness (QED) is 0.480. The Hall–Kier alpha value is -3.20. The number of thiazole rings is 1. The first kappa shape index (κ1) is 22.5.